The number of rotatable bonds is 4. The summed E-state index contributed by atoms with van der Waals surface area (Å²) < 4.78 is 31.4. The molecule has 1 heterocycles. The Morgan fingerprint density at radius 1 is 1.40 bits per heavy atom. The number of likely N-dealkylation sites (tertiary alicyclic amines) is 1. The molecule has 1 unspecified atom stereocenters. The average Bonchev–Trinajstić information content (AvgIpc) is 2.47. The zero-order valence-corrected chi connectivity index (χ0v) is 9.85. The monoisotopic (exact) mass is 221 g/mol. The lowest BCUT2D eigenvalue weighted by atomic mass is 10.1. The van der Waals surface area contributed by atoms with Crippen molar-refractivity contribution in [3.8, 4) is 0 Å². The zero-order chi connectivity index (χ0) is 11.5. The minimum absolute atomic E-state index is 0.160. The minimum atomic E-state index is -1.61. The number of nitrogens with zero attached hydrogens (tertiary/aromatic N) is 1. The molecular weight excluding hydrogens is 200 g/mol. The van der Waals surface area contributed by atoms with Gasteiger partial charge in [0, 0.05) is 19.6 Å². The Morgan fingerprint density at radius 2 is 2.07 bits per heavy atom. The van der Waals surface area contributed by atoms with Crippen molar-refractivity contribution in [2.45, 2.75) is 38.5 Å². The zero-order valence-electron chi connectivity index (χ0n) is 9.85. The summed E-state index contributed by atoms with van der Waals surface area (Å²) in [6, 6.07) is 0. The van der Waals surface area contributed by atoms with E-state index in [0.717, 1.165) is 0 Å². The van der Waals surface area contributed by atoms with E-state index in [0.29, 0.717) is 26.1 Å². The van der Waals surface area contributed by atoms with Gasteiger partial charge >= 0.3 is 0 Å². The van der Waals surface area contributed by atoms with Gasteiger partial charge in [-0.15, -0.1) is 0 Å². The van der Waals surface area contributed by atoms with Gasteiger partial charge in [0.1, 0.15) is 6.67 Å². The number of hydrogen-bond donors (Lipinski definition) is 0. The third kappa shape index (κ3) is 4.43. The van der Waals surface area contributed by atoms with E-state index in [1.54, 1.807) is 0 Å². The highest BCUT2D eigenvalue weighted by atomic mass is 19.2. The van der Waals surface area contributed by atoms with E-state index < -0.39 is 12.3 Å². The van der Waals surface area contributed by atoms with Crippen LogP contribution in [-0.2, 0) is 4.74 Å². The number of ether oxygens (including phenoxy) is 1. The normalized spacial score (nSPS) is 28.6. The SMILES string of the molecule is CC(C)(C)OCCN1CCC(F)(CF)C1. The van der Waals surface area contributed by atoms with Crippen molar-refractivity contribution in [3.05, 3.63) is 0 Å². The molecule has 0 aromatic heterocycles. The molecular formula is C11H21F2NO. The van der Waals surface area contributed by atoms with Gasteiger partial charge in [-0.05, 0) is 27.2 Å². The number of hydrogen-bond acceptors (Lipinski definition) is 2. The van der Waals surface area contributed by atoms with Crippen LogP contribution >= 0.6 is 0 Å². The molecule has 0 N–H and O–H groups in total. The summed E-state index contributed by atoms with van der Waals surface area (Å²) in [6.07, 6.45) is 0.305. The van der Waals surface area contributed by atoms with Crippen LogP contribution in [0.5, 0.6) is 0 Å². The van der Waals surface area contributed by atoms with Crippen LogP contribution in [-0.4, -0.2) is 49.1 Å². The van der Waals surface area contributed by atoms with Crippen LogP contribution < -0.4 is 0 Å². The first kappa shape index (κ1) is 12.8. The molecule has 0 saturated carbocycles. The first-order valence-corrected chi connectivity index (χ1v) is 5.46. The van der Waals surface area contributed by atoms with Crippen LogP contribution in [0.1, 0.15) is 27.2 Å². The van der Waals surface area contributed by atoms with Crippen molar-refractivity contribution in [3.63, 3.8) is 0 Å². The quantitative estimate of drug-likeness (QED) is 0.721. The van der Waals surface area contributed by atoms with Gasteiger partial charge in [-0.25, -0.2) is 8.78 Å². The van der Waals surface area contributed by atoms with Crippen molar-refractivity contribution in [2.24, 2.45) is 0 Å². The van der Waals surface area contributed by atoms with Gasteiger partial charge in [0.25, 0.3) is 0 Å². The van der Waals surface area contributed by atoms with E-state index in [2.05, 4.69) is 0 Å². The summed E-state index contributed by atoms with van der Waals surface area (Å²) >= 11 is 0. The van der Waals surface area contributed by atoms with Crippen LogP contribution in [0.15, 0.2) is 0 Å². The Balaban J connectivity index is 2.20. The molecule has 0 aromatic carbocycles. The van der Waals surface area contributed by atoms with Crippen molar-refractivity contribution >= 4 is 0 Å². The molecule has 0 radical (unpaired) electrons. The van der Waals surface area contributed by atoms with Crippen LogP contribution in [0, 0.1) is 0 Å². The van der Waals surface area contributed by atoms with Crippen molar-refractivity contribution in [1.82, 2.24) is 4.90 Å². The second-order valence-electron chi connectivity index (χ2n) is 5.27. The fraction of sp³-hybridized carbons (Fsp3) is 1.00. The Hall–Kier alpha value is -0.220. The Labute approximate surface area is 90.6 Å². The maximum atomic E-state index is 13.5. The maximum Gasteiger partial charge on any atom is 0.152 e. The molecule has 2 nitrogen and oxygen atoms in total. The number of halogens is 2. The maximum absolute atomic E-state index is 13.5. The molecule has 1 aliphatic heterocycles. The molecule has 0 amide bonds. The van der Waals surface area contributed by atoms with E-state index in [4.69, 9.17) is 4.74 Å². The second kappa shape index (κ2) is 4.74. The summed E-state index contributed by atoms with van der Waals surface area (Å²) in [5, 5.41) is 0. The van der Waals surface area contributed by atoms with Crippen LogP contribution in [0.4, 0.5) is 8.78 Å². The van der Waals surface area contributed by atoms with Gasteiger partial charge in [0.05, 0.1) is 12.2 Å². The summed E-state index contributed by atoms with van der Waals surface area (Å²) in [7, 11) is 0. The molecule has 15 heavy (non-hydrogen) atoms. The predicted octanol–water partition coefficient (Wildman–Crippen LogP) is 2.19. The minimum Gasteiger partial charge on any atom is -0.375 e. The van der Waals surface area contributed by atoms with Crippen LogP contribution in [0.25, 0.3) is 0 Å². The fourth-order valence-corrected chi connectivity index (χ4v) is 1.70. The molecule has 90 valence electrons. The molecule has 0 spiro atoms. The molecule has 1 rings (SSSR count). The Bertz CT molecular complexity index is 205. The van der Waals surface area contributed by atoms with Gasteiger partial charge in [0.2, 0.25) is 0 Å². The standard InChI is InChI=1S/C11H21F2NO/c1-10(2,3)15-7-6-14-5-4-11(13,8-12)9-14/h4-9H2,1-3H3. The van der Waals surface area contributed by atoms with Crippen LogP contribution in [0.2, 0.25) is 0 Å². The lowest BCUT2D eigenvalue weighted by Crippen LogP contribution is -2.34. The lowest BCUT2D eigenvalue weighted by Gasteiger charge is -2.23. The van der Waals surface area contributed by atoms with Crippen molar-refractivity contribution in [1.29, 1.82) is 0 Å². The molecule has 0 aromatic rings. The molecule has 1 fully saturated rings. The molecule has 0 aliphatic carbocycles. The van der Waals surface area contributed by atoms with E-state index >= 15 is 0 Å². The number of alkyl halides is 2. The Morgan fingerprint density at radius 3 is 2.53 bits per heavy atom. The van der Waals surface area contributed by atoms with E-state index in [1.807, 2.05) is 25.7 Å². The van der Waals surface area contributed by atoms with Gasteiger partial charge in [-0.2, -0.15) is 0 Å². The molecule has 1 saturated heterocycles. The fourth-order valence-electron chi connectivity index (χ4n) is 1.70. The largest absolute Gasteiger partial charge is 0.375 e. The van der Waals surface area contributed by atoms with Gasteiger partial charge in [0.15, 0.2) is 5.67 Å². The average molecular weight is 221 g/mol. The molecule has 1 atom stereocenters. The van der Waals surface area contributed by atoms with E-state index in [9.17, 15) is 8.78 Å². The highest BCUT2D eigenvalue weighted by molar-refractivity contribution is 4.90. The topological polar surface area (TPSA) is 12.5 Å². The first-order valence-electron chi connectivity index (χ1n) is 5.46. The smallest absolute Gasteiger partial charge is 0.152 e. The summed E-state index contributed by atoms with van der Waals surface area (Å²) in [5.41, 5.74) is -1.77. The molecule has 1 aliphatic rings. The van der Waals surface area contributed by atoms with Gasteiger partial charge in [-0.3, -0.25) is 4.90 Å². The summed E-state index contributed by atoms with van der Waals surface area (Å²) in [6.45, 7) is 7.18. The van der Waals surface area contributed by atoms with Gasteiger partial charge < -0.3 is 4.74 Å². The van der Waals surface area contributed by atoms with Crippen molar-refractivity contribution < 1.29 is 13.5 Å². The van der Waals surface area contributed by atoms with Crippen molar-refractivity contribution in [2.75, 3.05) is 32.9 Å². The molecule has 4 heteroatoms. The predicted molar refractivity (Wildman–Crippen MR) is 56.6 cm³/mol. The van der Waals surface area contributed by atoms with Crippen LogP contribution in [0.3, 0.4) is 0 Å². The van der Waals surface area contributed by atoms with Gasteiger partial charge in [-0.1, -0.05) is 0 Å². The second-order valence-corrected chi connectivity index (χ2v) is 5.27. The third-order valence-corrected chi connectivity index (χ3v) is 2.57. The van der Waals surface area contributed by atoms with E-state index in [1.165, 1.54) is 0 Å². The molecule has 0 bridgehead atoms. The summed E-state index contributed by atoms with van der Waals surface area (Å²) in [4.78, 5) is 1.92. The highest BCUT2D eigenvalue weighted by Crippen LogP contribution is 2.25. The summed E-state index contributed by atoms with van der Waals surface area (Å²) in [5.74, 6) is 0. The Kier molecular flexibility index (Phi) is 4.06. The lowest BCUT2D eigenvalue weighted by molar-refractivity contribution is -0.0125. The third-order valence-electron chi connectivity index (χ3n) is 2.57. The highest BCUT2D eigenvalue weighted by Gasteiger charge is 2.38. The first-order chi connectivity index (χ1) is 6.85. The van der Waals surface area contributed by atoms with E-state index in [-0.39, 0.29) is 12.1 Å².